The lowest BCUT2D eigenvalue weighted by Crippen LogP contribution is -2.41. The van der Waals surface area contributed by atoms with Gasteiger partial charge in [0, 0.05) is 6.54 Å². The Hall–Kier alpha value is -0.570. The van der Waals surface area contributed by atoms with Gasteiger partial charge in [-0.1, -0.05) is 47.5 Å². The highest BCUT2D eigenvalue weighted by Gasteiger charge is 2.37. The molecule has 0 bridgehead atoms. The van der Waals surface area contributed by atoms with E-state index in [1.165, 1.54) is 0 Å². The third-order valence-electron chi connectivity index (χ3n) is 4.46. The normalized spacial score (nSPS) is 24.3. The number of unbranched alkanes of at least 4 members (excludes halogenated alkanes) is 1. The van der Waals surface area contributed by atoms with Gasteiger partial charge < -0.3 is 4.90 Å². The van der Waals surface area contributed by atoms with Gasteiger partial charge in [-0.05, 0) is 31.1 Å². The zero-order valence-corrected chi connectivity index (χ0v) is 13.6. The average Bonchev–Trinajstić information content (AvgIpc) is 2.58. The first-order valence-corrected chi connectivity index (χ1v) is 7.95. The van der Waals surface area contributed by atoms with Crippen LogP contribution in [0.3, 0.4) is 0 Å². The molecule has 1 aliphatic heterocycles. The first kappa shape index (κ1) is 16.5. The smallest absolute Gasteiger partial charge is 0.241 e. The van der Waals surface area contributed by atoms with Crippen LogP contribution in [0.2, 0.25) is 0 Å². The number of hydrogen-bond acceptors (Lipinski definition) is 2. The summed E-state index contributed by atoms with van der Waals surface area (Å²) in [5, 5.41) is 3.45. The maximum atomic E-state index is 12.5. The first-order valence-electron chi connectivity index (χ1n) is 7.95. The molecule has 3 nitrogen and oxygen atoms in total. The Morgan fingerprint density at radius 3 is 2.26 bits per heavy atom. The van der Waals surface area contributed by atoms with Crippen LogP contribution in [-0.4, -0.2) is 29.6 Å². The van der Waals surface area contributed by atoms with E-state index < -0.39 is 0 Å². The van der Waals surface area contributed by atoms with Gasteiger partial charge in [0.25, 0.3) is 0 Å². The topological polar surface area (TPSA) is 32.3 Å². The van der Waals surface area contributed by atoms with Gasteiger partial charge in [-0.2, -0.15) is 0 Å². The Morgan fingerprint density at radius 2 is 1.79 bits per heavy atom. The monoisotopic (exact) mass is 268 g/mol. The predicted octanol–water partition coefficient (Wildman–Crippen LogP) is 3.25. The minimum absolute atomic E-state index is 0.0509. The fraction of sp³-hybridized carbons (Fsp3) is 0.938. The summed E-state index contributed by atoms with van der Waals surface area (Å²) in [6, 6.07) is 0.0509. The van der Waals surface area contributed by atoms with Crippen LogP contribution in [0.15, 0.2) is 0 Å². The number of nitrogens with one attached hydrogen (secondary N) is 1. The highest BCUT2D eigenvalue weighted by Crippen LogP contribution is 2.25. The van der Waals surface area contributed by atoms with Crippen molar-refractivity contribution in [2.75, 3.05) is 6.54 Å². The van der Waals surface area contributed by atoms with Gasteiger partial charge in [0.2, 0.25) is 5.91 Å². The van der Waals surface area contributed by atoms with E-state index in [9.17, 15) is 4.79 Å². The second kappa shape index (κ2) is 7.28. The molecule has 0 aromatic carbocycles. The van der Waals surface area contributed by atoms with E-state index >= 15 is 0 Å². The molecule has 1 N–H and O–H groups in total. The van der Waals surface area contributed by atoms with Crippen molar-refractivity contribution in [2.24, 2.45) is 17.8 Å². The SMILES string of the molecule is CCCCC1NC(C)N(CC(C(C)C)C(C)C)C1=O. The van der Waals surface area contributed by atoms with Crippen molar-refractivity contribution in [1.29, 1.82) is 0 Å². The first-order chi connectivity index (χ1) is 8.88. The molecule has 1 saturated heterocycles. The van der Waals surface area contributed by atoms with Gasteiger partial charge in [-0.25, -0.2) is 0 Å². The van der Waals surface area contributed by atoms with Gasteiger partial charge in [-0.3, -0.25) is 10.1 Å². The summed E-state index contributed by atoms with van der Waals surface area (Å²) in [6.07, 6.45) is 3.45. The summed E-state index contributed by atoms with van der Waals surface area (Å²) < 4.78 is 0. The molecule has 0 spiro atoms. The van der Waals surface area contributed by atoms with E-state index in [-0.39, 0.29) is 12.2 Å². The molecule has 0 saturated carbocycles. The van der Waals surface area contributed by atoms with Crippen molar-refractivity contribution in [1.82, 2.24) is 10.2 Å². The summed E-state index contributed by atoms with van der Waals surface area (Å²) in [4.78, 5) is 14.5. The highest BCUT2D eigenvalue weighted by atomic mass is 16.2. The predicted molar refractivity (Wildman–Crippen MR) is 80.8 cm³/mol. The third kappa shape index (κ3) is 4.20. The van der Waals surface area contributed by atoms with E-state index in [0.29, 0.717) is 23.7 Å². The van der Waals surface area contributed by atoms with Crippen LogP contribution in [0.4, 0.5) is 0 Å². The van der Waals surface area contributed by atoms with Crippen LogP contribution >= 0.6 is 0 Å². The molecule has 2 unspecified atom stereocenters. The Balaban J connectivity index is 2.64. The number of rotatable bonds is 7. The Morgan fingerprint density at radius 1 is 1.21 bits per heavy atom. The number of nitrogens with zero attached hydrogens (tertiary/aromatic N) is 1. The second-order valence-electron chi connectivity index (χ2n) is 6.68. The van der Waals surface area contributed by atoms with Gasteiger partial charge in [0.15, 0.2) is 0 Å². The van der Waals surface area contributed by atoms with Crippen molar-refractivity contribution >= 4 is 5.91 Å². The van der Waals surface area contributed by atoms with Gasteiger partial charge in [0.1, 0.15) is 0 Å². The molecular formula is C16H32N2O. The van der Waals surface area contributed by atoms with Crippen LogP contribution in [0, 0.1) is 17.8 Å². The minimum Gasteiger partial charge on any atom is -0.326 e. The van der Waals surface area contributed by atoms with E-state index in [4.69, 9.17) is 0 Å². The Bertz CT molecular complexity index is 280. The molecule has 0 aliphatic carbocycles. The molecular weight excluding hydrogens is 236 g/mol. The average molecular weight is 268 g/mol. The number of carbonyl (C=O) groups excluding carboxylic acids is 1. The molecule has 1 rings (SSSR count). The van der Waals surface area contributed by atoms with Crippen LogP contribution < -0.4 is 5.32 Å². The maximum Gasteiger partial charge on any atom is 0.241 e. The Kier molecular flexibility index (Phi) is 6.31. The molecule has 1 aliphatic rings. The van der Waals surface area contributed by atoms with E-state index in [1.54, 1.807) is 0 Å². The lowest BCUT2D eigenvalue weighted by molar-refractivity contribution is -0.131. The van der Waals surface area contributed by atoms with Crippen LogP contribution in [0.5, 0.6) is 0 Å². The van der Waals surface area contributed by atoms with Gasteiger partial charge in [-0.15, -0.1) is 0 Å². The van der Waals surface area contributed by atoms with Crippen LogP contribution in [0.25, 0.3) is 0 Å². The molecule has 19 heavy (non-hydrogen) atoms. The maximum absolute atomic E-state index is 12.5. The zero-order chi connectivity index (χ0) is 14.6. The molecule has 0 radical (unpaired) electrons. The summed E-state index contributed by atoms with van der Waals surface area (Å²) in [5.74, 6) is 2.13. The molecule has 1 heterocycles. The van der Waals surface area contributed by atoms with Gasteiger partial charge >= 0.3 is 0 Å². The van der Waals surface area contributed by atoms with E-state index in [1.807, 2.05) is 0 Å². The quantitative estimate of drug-likeness (QED) is 0.768. The molecule has 3 heteroatoms. The number of carbonyl (C=O) groups is 1. The summed E-state index contributed by atoms with van der Waals surface area (Å²) in [5.41, 5.74) is 0. The van der Waals surface area contributed by atoms with Crippen molar-refractivity contribution in [3.8, 4) is 0 Å². The number of amides is 1. The summed E-state index contributed by atoms with van der Waals surface area (Å²) >= 11 is 0. The van der Waals surface area contributed by atoms with Crippen molar-refractivity contribution in [3.05, 3.63) is 0 Å². The molecule has 1 amide bonds. The van der Waals surface area contributed by atoms with Crippen molar-refractivity contribution in [2.45, 2.75) is 73.0 Å². The molecule has 0 aromatic heterocycles. The lowest BCUT2D eigenvalue weighted by atomic mass is 9.85. The standard InChI is InChI=1S/C16H32N2O/c1-7-8-9-15-16(19)18(13(6)17-15)10-14(11(2)3)12(4)5/h11-15,17H,7-10H2,1-6H3. The van der Waals surface area contributed by atoms with Crippen LogP contribution in [-0.2, 0) is 4.79 Å². The fourth-order valence-electron chi connectivity index (χ4n) is 3.13. The number of hydrogen-bond donors (Lipinski definition) is 1. The van der Waals surface area contributed by atoms with E-state index in [0.717, 1.165) is 25.8 Å². The lowest BCUT2D eigenvalue weighted by Gasteiger charge is -2.31. The zero-order valence-electron chi connectivity index (χ0n) is 13.6. The second-order valence-corrected chi connectivity index (χ2v) is 6.68. The minimum atomic E-state index is 0.0509. The summed E-state index contributed by atoms with van der Waals surface area (Å²) in [7, 11) is 0. The van der Waals surface area contributed by atoms with Gasteiger partial charge in [0.05, 0.1) is 12.2 Å². The molecule has 2 atom stereocenters. The Labute approximate surface area is 119 Å². The van der Waals surface area contributed by atoms with Crippen molar-refractivity contribution < 1.29 is 4.79 Å². The third-order valence-corrected chi connectivity index (χ3v) is 4.46. The molecule has 112 valence electrons. The molecule has 0 aromatic rings. The van der Waals surface area contributed by atoms with Crippen LogP contribution in [0.1, 0.15) is 60.8 Å². The largest absolute Gasteiger partial charge is 0.326 e. The molecule has 1 fully saturated rings. The summed E-state index contributed by atoms with van der Waals surface area (Å²) in [6.45, 7) is 14.2. The van der Waals surface area contributed by atoms with E-state index in [2.05, 4.69) is 51.8 Å². The highest BCUT2D eigenvalue weighted by molar-refractivity contribution is 5.84. The van der Waals surface area contributed by atoms with Crippen molar-refractivity contribution in [3.63, 3.8) is 0 Å². The fourth-order valence-corrected chi connectivity index (χ4v) is 3.13.